The Bertz CT molecular complexity index is 1170. The Kier molecular flexibility index (Phi) is 7.73. The molecule has 3 aromatic rings. The Balaban J connectivity index is 1.48. The van der Waals surface area contributed by atoms with Crippen LogP contribution in [0.25, 0.3) is 0 Å². The van der Waals surface area contributed by atoms with E-state index < -0.39 is 11.9 Å². The number of rotatable bonds is 8. The molecule has 0 spiro atoms. The Morgan fingerprint density at radius 1 is 1.11 bits per heavy atom. The first-order valence-electron chi connectivity index (χ1n) is 11.9. The van der Waals surface area contributed by atoms with Crippen LogP contribution < -0.4 is 21.3 Å². The summed E-state index contributed by atoms with van der Waals surface area (Å²) in [4.78, 5) is 20.2. The summed E-state index contributed by atoms with van der Waals surface area (Å²) in [6.45, 7) is 5.46. The van der Waals surface area contributed by atoms with Gasteiger partial charge in [0, 0.05) is 32.0 Å². The zero-order valence-electron chi connectivity index (χ0n) is 20.1. The van der Waals surface area contributed by atoms with E-state index in [9.17, 15) is 18.0 Å². The van der Waals surface area contributed by atoms with Crippen LogP contribution in [0.4, 0.5) is 24.7 Å². The smallest absolute Gasteiger partial charge is 0.380 e. The molecule has 0 saturated heterocycles. The van der Waals surface area contributed by atoms with Gasteiger partial charge in [0.05, 0.1) is 23.3 Å². The van der Waals surface area contributed by atoms with Crippen molar-refractivity contribution in [2.75, 3.05) is 30.3 Å². The lowest BCUT2D eigenvalue weighted by atomic mass is 9.95. The molecule has 1 aromatic carbocycles. The number of nitrogens with one attached hydrogen (secondary N) is 4. The molecule has 0 unspecified atom stereocenters. The summed E-state index contributed by atoms with van der Waals surface area (Å²) in [7, 11) is 0. The van der Waals surface area contributed by atoms with E-state index in [0.29, 0.717) is 31.0 Å². The number of pyridine rings is 2. The van der Waals surface area contributed by atoms with Gasteiger partial charge in [-0.15, -0.1) is 0 Å². The van der Waals surface area contributed by atoms with Crippen molar-refractivity contribution in [2.45, 2.75) is 38.0 Å². The summed E-state index contributed by atoms with van der Waals surface area (Å²) in [5.41, 5.74) is 2.14. The number of nitrogens with zero attached hydrogens (tertiary/aromatic N) is 2. The van der Waals surface area contributed by atoms with Crippen LogP contribution in [0.5, 0.6) is 0 Å². The van der Waals surface area contributed by atoms with Crippen molar-refractivity contribution in [3.8, 4) is 0 Å². The summed E-state index contributed by atoms with van der Waals surface area (Å²) in [5, 5.41) is 13.2. The summed E-state index contributed by atoms with van der Waals surface area (Å²) < 4.78 is 38.6. The molecule has 1 aliphatic rings. The number of halogens is 3. The van der Waals surface area contributed by atoms with E-state index >= 15 is 0 Å². The van der Waals surface area contributed by atoms with Gasteiger partial charge in [0.15, 0.2) is 0 Å². The zero-order chi connectivity index (χ0) is 25.7. The fourth-order valence-electron chi connectivity index (χ4n) is 4.19. The van der Waals surface area contributed by atoms with Crippen molar-refractivity contribution in [1.82, 2.24) is 20.6 Å². The van der Waals surface area contributed by atoms with Crippen LogP contribution in [0, 0.1) is 0 Å². The first kappa shape index (κ1) is 25.4. The molecule has 7 nitrogen and oxygen atoms in total. The number of benzene rings is 1. The topological polar surface area (TPSA) is 91.0 Å². The monoisotopic (exact) mass is 498 g/mol. The Hall–Kier alpha value is -3.66. The van der Waals surface area contributed by atoms with Crippen LogP contribution in [0.3, 0.4) is 0 Å². The van der Waals surface area contributed by atoms with Crippen molar-refractivity contribution in [3.63, 3.8) is 0 Å². The van der Waals surface area contributed by atoms with Gasteiger partial charge in [-0.05, 0) is 36.1 Å². The Labute approximate surface area is 207 Å². The van der Waals surface area contributed by atoms with E-state index in [1.165, 1.54) is 12.3 Å². The summed E-state index contributed by atoms with van der Waals surface area (Å²) in [5.74, 6) is 0.418. The second-order valence-corrected chi connectivity index (χ2v) is 8.78. The highest BCUT2D eigenvalue weighted by Gasteiger charge is 2.32. The highest BCUT2D eigenvalue weighted by atomic mass is 19.4. The minimum Gasteiger partial charge on any atom is -0.380 e. The van der Waals surface area contributed by atoms with E-state index in [1.807, 2.05) is 44.2 Å². The summed E-state index contributed by atoms with van der Waals surface area (Å²) >= 11 is 0. The van der Waals surface area contributed by atoms with E-state index in [2.05, 4.69) is 31.2 Å². The minimum absolute atomic E-state index is 0.0624. The number of amides is 1. The largest absolute Gasteiger partial charge is 0.433 e. The Morgan fingerprint density at radius 3 is 2.56 bits per heavy atom. The molecule has 10 heteroatoms. The molecule has 0 bridgehead atoms. The van der Waals surface area contributed by atoms with Crippen LogP contribution in [-0.4, -0.2) is 41.6 Å². The quantitative estimate of drug-likeness (QED) is 0.363. The molecule has 4 rings (SSSR count). The number of carbonyl (C=O) groups is 1. The van der Waals surface area contributed by atoms with E-state index in [1.54, 1.807) is 12.3 Å². The van der Waals surface area contributed by atoms with Crippen LogP contribution >= 0.6 is 0 Å². The Morgan fingerprint density at radius 2 is 1.89 bits per heavy atom. The molecular formula is C26H29F3N6O. The van der Waals surface area contributed by atoms with Crippen molar-refractivity contribution in [3.05, 3.63) is 83.3 Å². The first-order valence-corrected chi connectivity index (χ1v) is 11.9. The highest BCUT2D eigenvalue weighted by Crippen LogP contribution is 2.31. The fourth-order valence-corrected chi connectivity index (χ4v) is 4.19. The van der Waals surface area contributed by atoms with Gasteiger partial charge < -0.3 is 21.3 Å². The third-order valence-corrected chi connectivity index (χ3v) is 6.17. The van der Waals surface area contributed by atoms with Crippen molar-refractivity contribution in [2.24, 2.45) is 0 Å². The van der Waals surface area contributed by atoms with E-state index in [4.69, 9.17) is 0 Å². The number of hydrogen-bond donors (Lipinski definition) is 4. The van der Waals surface area contributed by atoms with Crippen LogP contribution in [0.15, 0.2) is 60.9 Å². The van der Waals surface area contributed by atoms with Gasteiger partial charge in [0.25, 0.3) is 5.91 Å². The first-order chi connectivity index (χ1) is 17.3. The molecule has 0 saturated carbocycles. The number of alkyl halides is 3. The average Bonchev–Trinajstić information content (AvgIpc) is 2.88. The van der Waals surface area contributed by atoms with Crippen LogP contribution in [0.2, 0.25) is 0 Å². The molecule has 190 valence electrons. The van der Waals surface area contributed by atoms with Gasteiger partial charge in [-0.25, -0.2) is 4.98 Å². The van der Waals surface area contributed by atoms with Crippen LogP contribution in [0.1, 0.15) is 53.0 Å². The zero-order valence-corrected chi connectivity index (χ0v) is 20.1. The number of carbonyl (C=O) groups excluding carboxylic acids is 1. The highest BCUT2D eigenvalue weighted by molar-refractivity contribution is 5.95. The summed E-state index contributed by atoms with van der Waals surface area (Å²) in [6, 6.07) is 14.0. The minimum atomic E-state index is -4.46. The van der Waals surface area contributed by atoms with E-state index in [-0.39, 0.29) is 23.9 Å². The molecule has 36 heavy (non-hydrogen) atoms. The second kappa shape index (κ2) is 10.9. The standard InChI is InChI=1S/C26H29F3N6O/c1-3-30-25(36)19-11-20-24(34-14-19)35-21(15-31-20)23(17-7-5-4-6-8-17)33-12-16(2)18-9-10-22(32-13-18)26(27,28)29/h4-11,13-14,16,21,23,31,33H,3,12,15H2,1-2H3,(H,30,36)(H,34,35)/t16-,21-,23-/m1/s1. The lowest BCUT2D eigenvalue weighted by Crippen LogP contribution is -2.45. The molecule has 0 radical (unpaired) electrons. The molecular weight excluding hydrogens is 469 g/mol. The number of fused-ring (bicyclic) bond motifs is 1. The SMILES string of the molecule is CCNC(=O)c1cnc2c(c1)NC[C@H]([C@H](NC[C@@H](C)c1ccc(C(F)(F)F)nc1)c1ccccc1)N2. The van der Waals surface area contributed by atoms with E-state index in [0.717, 1.165) is 22.9 Å². The van der Waals surface area contributed by atoms with Crippen molar-refractivity contribution in [1.29, 1.82) is 0 Å². The molecule has 1 aliphatic heterocycles. The number of anilines is 2. The second-order valence-electron chi connectivity index (χ2n) is 8.78. The van der Waals surface area contributed by atoms with Crippen LogP contribution in [-0.2, 0) is 6.18 Å². The fraction of sp³-hybridized carbons (Fsp3) is 0.346. The molecule has 0 fully saturated rings. The predicted octanol–water partition coefficient (Wildman–Crippen LogP) is 4.59. The van der Waals surface area contributed by atoms with Gasteiger partial charge in [-0.3, -0.25) is 9.78 Å². The van der Waals surface area contributed by atoms with Gasteiger partial charge in [0.1, 0.15) is 11.5 Å². The van der Waals surface area contributed by atoms with Gasteiger partial charge in [-0.1, -0.05) is 43.3 Å². The lowest BCUT2D eigenvalue weighted by Gasteiger charge is -2.35. The van der Waals surface area contributed by atoms with Crippen molar-refractivity contribution < 1.29 is 18.0 Å². The molecule has 4 N–H and O–H groups in total. The normalized spacial score (nSPS) is 16.8. The van der Waals surface area contributed by atoms with Crippen molar-refractivity contribution >= 4 is 17.4 Å². The number of aromatic nitrogens is 2. The number of hydrogen-bond acceptors (Lipinski definition) is 6. The molecule has 2 aromatic heterocycles. The predicted molar refractivity (Wildman–Crippen MR) is 133 cm³/mol. The maximum Gasteiger partial charge on any atom is 0.433 e. The molecule has 3 heterocycles. The third-order valence-electron chi connectivity index (χ3n) is 6.17. The van der Waals surface area contributed by atoms with Gasteiger partial charge >= 0.3 is 6.18 Å². The third kappa shape index (κ3) is 5.93. The average molecular weight is 499 g/mol. The molecule has 1 amide bonds. The molecule has 0 aliphatic carbocycles. The van der Waals surface area contributed by atoms with Gasteiger partial charge in [0.2, 0.25) is 0 Å². The maximum atomic E-state index is 12.9. The van der Waals surface area contributed by atoms with Gasteiger partial charge in [-0.2, -0.15) is 13.2 Å². The molecule has 3 atom stereocenters. The maximum absolute atomic E-state index is 12.9. The lowest BCUT2D eigenvalue weighted by molar-refractivity contribution is -0.141. The summed E-state index contributed by atoms with van der Waals surface area (Å²) in [6.07, 6.45) is -1.62.